The molecule has 1 saturated heterocycles. The molecule has 2 aliphatic heterocycles. The molecule has 2 aliphatic rings. The second-order valence-electron chi connectivity index (χ2n) is 6.22. The Balaban J connectivity index is 1.41. The molecule has 0 aliphatic carbocycles. The molecule has 2 atom stereocenters. The molecule has 2 heterocycles. The largest absolute Gasteiger partial charge is 0.389 e. The van der Waals surface area contributed by atoms with Gasteiger partial charge in [-0.15, -0.1) is 0 Å². The van der Waals surface area contributed by atoms with Crippen LogP contribution in [0.25, 0.3) is 0 Å². The Morgan fingerprint density at radius 1 is 1.41 bits per heavy atom. The first kappa shape index (κ1) is 16.2. The van der Waals surface area contributed by atoms with E-state index in [1.54, 1.807) is 0 Å². The minimum Gasteiger partial charge on any atom is -0.389 e. The Morgan fingerprint density at radius 3 is 3.14 bits per heavy atom. The van der Waals surface area contributed by atoms with Crippen LogP contribution in [0.15, 0.2) is 18.2 Å². The summed E-state index contributed by atoms with van der Waals surface area (Å²) in [7, 11) is 0. The number of nitrogens with zero attached hydrogens (tertiary/aromatic N) is 1. The minimum absolute atomic E-state index is 0.219. The zero-order valence-corrected chi connectivity index (χ0v) is 13.6. The lowest BCUT2D eigenvalue weighted by Gasteiger charge is -2.30. The van der Waals surface area contributed by atoms with Crippen molar-refractivity contribution in [1.82, 2.24) is 4.90 Å². The van der Waals surface area contributed by atoms with Crippen molar-refractivity contribution in [3.8, 4) is 0 Å². The van der Waals surface area contributed by atoms with Gasteiger partial charge in [-0.2, -0.15) is 0 Å². The average molecular weight is 326 g/mol. The highest BCUT2D eigenvalue weighted by Gasteiger charge is 2.20. The lowest BCUT2D eigenvalue weighted by molar-refractivity contribution is -0.0261. The Labute approximate surface area is 137 Å². The van der Waals surface area contributed by atoms with Crippen LogP contribution in [0.1, 0.15) is 24.0 Å². The zero-order chi connectivity index (χ0) is 15.4. The average Bonchev–Trinajstić information content (AvgIpc) is 3.00. The molecule has 0 amide bonds. The quantitative estimate of drug-likeness (QED) is 0.871. The van der Waals surface area contributed by atoms with E-state index in [9.17, 15) is 5.11 Å². The molecule has 0 radical (unpaired) electrons. The highest BCUT2D eigenvalue weighted by Crippen LogP contribution is 2.22. The molecule has 22 heavy (non-hydrogen) atoms. The smallest absolute Gasteiger partial charge is 0.0900 e. The van der Waals surface area contributed by atoms with Gasteiger partial charge in [0.2, 0.25) is 0 Å². The van der Waals surface area contributed by atoms with Crippen LogP contribution in [0.4, 0.5) is 0 Å². The van der Waals surface area contributed by atoms with Gasteiger partial charge in [-0.25, -0.2) is 0 Å². The highest BCUT2D eigenvalue weighted by molar-refractivity contribution is 6.30. The number of fused-ring (bicyclic) bond motifs is 1. The maximum Gasteiger partial charge on any atom is 0.0900 e. The van der Waals surface area contributed by atoms with Crippen molar-refractivity contribution in [2.24, 2.45) is 0 Å². The summed E-state index contributed by atoms with van der Waals surface area (Å²) in [5, 5.41) is 10.9. The van der Waals surface area contributed by atoms with Crippen LogP contribution in [-0.2, 0) is 22.4 Å². The Bertz CT molecular complexity index is 491. The fraction of sp³-hybridized carbons (Fsp3) is 0.647. The second-order valence-corrected chi connectivity index (χ2v) is 6.66. The maximum absolute atomic E-state index is 10.1. The third-order valence-corrected chi connectivity index (χ3v) is 4.60. The van der Waals surface area contributed by atoms with Gasteiger partial charge in [0, 0.05) is 31.3 Å². The summed E-state index contributed by atoms with van der Waals surface area (Å²) in [6, 6.07) is 6.09. The van der Waals surface area contributed by atoms with Crippen molar-refractivity contribution in [2.75, 3.05) is 32.9 Å². The Morgan fingerprint density at radius 2 is 2.32 bits per heavy atom. The lowest BCUT2D eigenvalue weighted by atomic mass is 10.00. The van der Waals surface area contributed by atoms with E-state index in [0.29, 0.717) is 19.8 Å². The monoisotopic (exact) mass is 325 g/mol. The predicted octanol–water partition coefficient (Wildman–Crippen LogP) is 2.25. The van der Waals surface area contributed by atoms with Crippen molar-refractivity contribution >= 4 is 11.6 Å². The van der Waals surface area contributed by atoms with E-state index in [0.717, 1.165) is 44.0 Å². The predicted molar refractivity (Wildman–Crippen MR) is 86.2 cm³/mol. The summed E-state index contributed by atoms with van der Waals surface area (Å²) >= 11 is 6.06. The third kappa shape index (κ3) is 4.43. The van der Waals surface area contributed by atoms with Crippen molar-refractivity contribution in [2.45, 2.75) is 38.0 Å². The van der Waals surface area contributed by atoms with Gasteiger partial charge in [0.05, 0.1) is 25.4 Å². The van der Waals surface area contributed by atoms with E-state index in [4.69, 9.17) is 21.1 Å². The molecule has 5 heteroatoms. The van der Waals surface area contributed by atoms with E-state index < -0.39 is 6.10 Å². The van der Waals surface area contributed by atoms with Crippen molar-refractivity contribution in [1.29, 1.82) is 0 Å². The lowest BCUT2D eigenvalue weighted by Crippen LogP contribution is -2.38. The van der Waals surface area contributed by atoms with E-state index in [1.807, 2.05) is 12.1 Å². The van der Waals surface area contributed by atoms with Crippen LogP contribution in [-0.4, -0.2) is 55.1 Å². The summed E-state index contributed by atoms with van der Waals surface area (Å²) in [6.45, 7) is 4.26. The number of aliphatic hydroxyl groups is 1. The Hall–Kier alpha value is -0.650. The second kappa shape index (κ2) is 7.75. The molecule has 1 aromatic rings. The SMILES string of the molecule is OC(COCC1CCCO1)CN1CCc2ccc(Cl)cc2C1. The van der Waals surface area contributed by atoms with E-state index >= 15 is 0 Å². The van der Waals surface area contributed by atoms with Gasteiger partial charge < -0.3 is 14.6 Å². The van der Waals surface area contributed by atoms with Gasteiger partial charge >= 0.3 is 0 Å². The van der Waals surface area contributed by atoms with Crippen LogP contribution in [0.2, 0.25) is 5.02 Å². The van der Waals surface area contributed by atoms with Crippen molar-refractivity contribution < 1.29 is 14.6 Å². The first-order valence-corrected chi connectivity index (χ1v) is 8.45. The highest BCUT2D eigenvalue weighted by atomic mass is 35.5. The summed E-state index contributed by atoms with van der Waals surface area (Å²) in [5.74, 6) is 0. The first-order chi connectivity index (χ1) is 10.7. The Kier molecular flexibility index (Phi) is 5.71. The number of aliphatic hydroxyl groups excluding tert-OH is 1. The van der Waals surface area contributed by atoms with Gasteiger partial charge in [-0.05, 0) is 42.5 Å². The molecular formula is C17H24ClNO3. The fourth-order valence-electron chi connectivity index (χ4n) is 3.20. The molecule has 2 unspecified atom stereocenters. The number of rotatable bonds is 6. The van der Waals surface area contributed by atoms with Crippen LogP contribution in [0, 0.1) is 0 Å². The summed E-state index contributed by atoms with van der Waals surface area (Å²) in [4.78, 5) is 2.26. The van der Waals surface area contributed by atoms with Gasteiger partial charge in [-0.1, -0.05) is 17.7 Å². The molecule has 1 aromatic carbocycles. The number of ether oxygens (including phenoxy) is 2. The van der Waals surface area contributed by atoms with Crippen LogP contribution < -0.4 is 0 Å². The zero-order valence-electron chi connectivity index (χ0n) is 12.8. The standard InChI is InChI=1S/C17H24ClNO3/c18-15-4-3-13-5-6-19(9-14(13)8-15)10-16(20)11-21-12-17-2-1-7-22-17/h3-4,8,16-17,20H,1-2,5-7,9-12H2. The molecule has 0 aromatic heterocycles. The number of hydrogen-bond donors (Lipinski definition) is 1. The van der Waals surface area contributed by atoms with E-state index in [2.05, 4.69) is 11.0 Å². The summed E-state index contributed by atoms with van der Waals surface area (Å²) < 4.78 is 11.1. The third-order valence-electron chi connectivity index (χ3n) is 4.37. The number of β-amino-alcohol motifs (C(OH)–C–C–N with tert-alkyl or cyclic N) is 1. The summed E-state index contributed by atoms with van der Waals surface area (Å²) in [5.41, 5.74) is 2.64. The molecule has 3 rings (SSSR count). The molecule has 122 valence electrons. The van der Waals surface area contributed by atoms with Crippen LogP contribution in [0.3, 0.4) is 0 Å². The number of hydrogen-bond acceptors (Lipinski definition) is 4. The van der Waals surface area contributed by atoms with Gasteiger partial charge in [-0.3, -0.25) is 4.90 Å². The molecule has 1 fully saturated rings. The van der Waals surface area contributed by atoms with E-state index in [1.165, 1.54) is 11.1 Å². The molecular weight excluding hydrogens is 302 g/mol. The number of benzene rings is 1. The first-order valence-electron chi connectivity index (χ1n) is 8.08. The van der Waals surface area contributed by atoms with Gasteiger partial charge in [0.25, 0.3) is 0 Å². The normalized spacial score (nSPS) is 23.5. The van der Waals surface area contributed by atoms with Gasteiger partial charge in [0.1, 0.15) is 0 Å². The van der Waals surface area contributed by atoms with Crippen LogP contribution in [0.5, 0.6) is 0 Å². The molecule has 0 bridgehead atoms. The molecule has 4 nitrogen and oxygen atoms in total. The summed E-state index contributed by atoms with van der Waals surface area (Å²) in [6.07, 6.45) is 2.96. The maximum atomic E-state index is 10.1. The van der Waals surface area contributed by atoms with Gasteiger partial charge in [0.15, 0.2) is 0 Å². The fourth-order valence-corrected chi connectivity index (χ4v) is 3.40. The molecule has 1 N–H and O–H groups in total. The van der Waals surface area contributed by atoms with Crippen molar-refractivity contribution in [3.05, 3.63) is 34.3 Å². The minimum atomic E-state index is -0.456. The number of halogens is 1. The van der Waals surface area contributed by atoms with E-state index in [-0.39, 0.29) is 6.10 Å². The molecule has 0 saturated carbocycles. The molecule has 0 spiro atoms. The topological polar surface area (TPSA) is 41.9 Å². The van der Waals surface area contributed by atoms with Crippen LogP contribution >= 0.6 is 11.6 Å². The van der Waals surface area contributed by atoms with Crippen molar-refractivity contribution in [3.63, 3.8) is 0 Å².